The molecule has 0 aliphatic rings. The van der Waals surface area contributed by atoms with Gasteiger partial charge in [-0.1, -0.05) is 25.3 Å². The molecule has 1 aromatic heterocycles. The SMILES string of the molecule is C=CS(=O)(=O)c1cccc(Nc2ncnc(Nc3cccc(S(=O)(=O)C=C)c3)n2)c1. The van der Waals surface area contributed by atoms with Crippen molar-refractivity contribution in [3.05, 3.63) is 78.8 Å². The highest BCUT2D eigenvalue weighted by Gasteiger charge is 2.12. The van der Waals surface area contributed by atoms with Crippen LogP contribution in [0.15, 0.2) is 88.6 Å². The molecular formula is C19H17N5O4S2. The van der Waals surface area contributed by atoms with Crippen LogP contribution in [0.1, 0.15) is 0 Å². The van der Waals surface area contributed by atoms with E-state index < -0.39 is 19.7 Å². The van der Waals surface area contributed by atoms with E-state index >= 15 is 0 Å². The van der Waals surface area contributed by atoms with Crippen LogP contribution in [-0.4, -0.2) is 31.8 Å². The second-order valence-corrected chi connectivity index (χ2v) is 9.65. The lowest BCUT2D eigenvalue weighted by molar-refractivity contribution is 0.603. The molecule has 0 aliphatic heterocycles. The number of hydrogen-bond donors (Lipinski definition) is 2. The van der Waals surface area contributed by atoms with E-state index in [9.17, 15) is 16.8 Å². The lowest BCUT2D eigenvalue weighted by Crippen LogP contribution is -2.04. The van der Waals surface area contributed by atoms with Gasteiger partial charge in [0.2, 0.25) is 11.9 Å². The number of hydrogen-bond acceptors (Lipinski definition) is 9. The zero-order valence-corrected chi connectivity index (χ0v) is 17.2. The first kappa shape index (κ1) is 21.1. The lowest BCUT2D eigenvalue weighted by atomic mass is 10.3. The van der Waals surface area contributed by atoms with Crippen molar-refractivity contribution in [2.45, 2.75) is 9.79 Å². The number of anilines is 4. The Bertz CT molecular complexity index is 1220. The van der Waals surface area contributed by atoms with Gasteiger partial charge < -0.3 is 10.6 Å². The molecule has 2 N–H and O–H groups in total. The van der Waals surface area contributed by atoms with Gasteiger partial charge in [0.05, 0.1) is 9.79 Å². The average Bonchev–Trinajstić information content (AvgIpc) is 2.74. The fraction of sp³-hybridized carbons (Fsp3) is 0. The monoisotopic (exact) mass is 443 g/mol. The van der Waals surface area contributed by atoms with Crippen LogP contribution < -0.4 is 10.6 Å². The third-order valence-electron chi connectivity index (χ3n) is 3.85. The first-order valence-corrected chi connectivity index (χ1v) is 11.5. The van der Waals surface area contributed by atoms with Crippen molar-refractivity contribution >= 4 is 42.9 Å². The summed E-state index contributed by atoms with van der Waals surface area (Å²) in [6.07, 6.45) is 1.26. The second kappa shape index (κ2) is 8.43. The van der Waals surface area contributed by atoms with Crippen molar-refractivity contribution in [2.24, 2.45) is 0 Å². The number of nitrogens with one attached hydrogen (secondary N) is 2. The highest BCUT2D eigenvalue weighted by molar-refractivity contribution is 7.94. The Kier molecular flexibility index (Phi) is 5.94. The Morgan fingerprint density at radius 1 is 0.733 bits per heavy atom. The third kappa shape index (κ3) is 4.88. The normalized spacial score (nSPS) is 11.5. The zero-order valence-electron chi connectivity index (χ0n) is 15.6. The predicted octanol–water partition coefficient (Wildman–Crippen LogP) is 3.19. The molecule has 0 saturated heterocycles. The van der Waals surface area contributed by atoms with E-state index in [1.165, 1.54) is 30.6 Å². The van der Waals surface area contributed by atoms with Gasteiger partial charge in [0.25, 0.3) is 0 Å². The third-order valence-corrected chi connectivity index (χ3v) is 6.55. The number of benzene rings is 2. The molecule has 0 radical (unpaired) electrons. The molecule has 0 saturated carbocycles. The largest absolute Gasteiger partial charge is 0.324 e. The van der Waals surface area contributed by atoms with Crippen LogP contribution in [-0.2, 0) is 19.7 Å². The summed E-state index contributed by atoms with van der Waals surface area (Å²) in [5, 5.41) is 7.55. The minimum atomic E-state index is -3.58. The van der Waals surface area contributed by atoms with Crippen LogP contribution in [0.4, 0.5) is 23.3 Å². The van der Waals surface area contributed by atoms with Crippen molar-refractivity contribution in [2.75, 3.05) is 10.6 Å². The summed E-state index contributed by atoms with van der Waals surface area (Å²) < 4.78 is 47.7. The summed E-state index contributed by atoms with van der Waals surface area (Å²) in [6, 6.07) is 12.2. The van der Waals surface area contributed by atoms with Gasteiger partial charge in [-0.25, -0.2) is 26.8 Å². The molecule has 11 heteroatoms. The van der Waals surface area contributed by atoms with E-state index in [2.05, 4.69) is 38.7 Å². The minimum absolute atomic E-state index is 0.0788. The summed E-state index contributed by atoms with van der Waals surface area (Å²) >= 11 is 0. The molecule has 0 atom stereocenters. The molecule has 3 aromatic rings. The summed E-state index contributed by atoms with van der Waals surface area (Å²) in [5.41, 5.74) is 0.906. The van der Waals surface area contributed by atoms with E-state index in [4.69, 9.17) is 0 Å². The number of rotatable bonds is 8. The smallest absolute Gasteiger partial charge is 0.232 e. The fourth-order valence-electron chi connectivity index (χ4n) is 2.37. The molecule has 2 aromatic carbocycles. The number of aromatic nitrogens is 3. The Hall–Kier alpha value is -3.57. The molecule has 0 bridgehead atoms. The van der Waals surface area contributed by atoms with E-state index in [0.717, 1.165) is 10.8 Å². The summed E-state index contributed by atoms with van der Waals surface area (Å²) in [4.78, 5) is 12.4. The molecule has 9 nitrogen and oxygen atoms in total. The van der Waals surface area contributed by atoms with Gasteiger partial charge in [-0.3, -0.25) is 0 Å². The number of sulfone groups is 2. The maximum Gasteiger partial charge on any atom is 0.232 e. The van der Waals surface area contributed by atoms with Gasteiger partial charge in [-0.2, -0.15) is 4.98 Å². The Morgan fingerprint density at radius 2 is 1.17 bits per heavy atom. The van der Waals surface area contributed by atoms with E-state index in [1.807, 2.05) is 0 Å². The minimum Gasteiger partial charge on any atom is -0.324 e. The Balaban J connectivity index is 1.83. The highest BCUT2D eigenvalue weighted by Crippen LogP contribution is 2.22. The topological polar surface area (TPSA) is 131 Å². The molecule has 0 amide bonds. The van der Waals surface area contributed by atoms with Gasteiger partial charge >= 0.3 is 0 Å². The Labute approximate surface area is 174 Å². The second-order valence-electron chi connectivity index (χ2n) is 5.86. The molecule has 1 heterocycles. The van der Waals surface area contributed by atoms with Gasteiger partial charge in [0.15, 0.2) is 19.7 Å². The molecule has 0 unspecified atom stereocenters. The molecule has 0 fully saturated rings. The number of nitrogens with zero attached hydrogens (tertiary/aromatic N) is 3. The van der Waals surface area contributed by atoms with E-state index in [-0.39, 0.29) is 21.7 Å². The Morgan fingerprint density at radius 3 is 1.57 bits per heavy atom. The maximum atomic E-state index is 11.9. The summed E-state index contributed by atoms with van der Waals surface area (Å²) in [6.45, 7) is 6.62. The standard InChI is InChI=1S/C19H17N5O4S2/c1-3-29(25,26)16-9-5-7-14(11-16)22-18-20-13-21-19(24-18)23-15-8-6-10-17(12-15)30(27,28)4-2/h3-13H,1-2H2,(H2,20,21,22,23,24). The zero-order chi connectivity index (χ0) is 21.8. The van der Waals surface area contributed by atoms with Gasteiger partial charge in [0.1, 0.15) is 6.33 Å². The van der Waals surface area contributed by atoms with Crippen molar-refractivity contribution in [1.82, 2.24) is 15.0 Å². The van der Waals surface area contributed by atoms with Gasteiger partial charge in [0, 0.05) is 22.2 Å². The molecular weight excluding hydrogens is 426 g/mol. The van der Waals surface area contributed by atoms with Crippen molar-refractivity contribution in [3.63, 3.8) is 0 Å². The predicted molar refractivity (Wildman–Crippen MR) is 114 cm³/mol. The molecule has 3 rings (SSSR count). The van der Waals surface area contributed by atoms with Crippen LogP contribution in [0, 0.1) is 0 Å². The summed E-state index contributed by atoms with van der Waals surface area (Å²) in [5.74, 6) is 0.325. The first-order chi connectivity index (χ1) is 14.2. The summed E-state index contributed by atoms with van der Waals surface area (Å²) in [7, 11) is -7.16. The molecule has 154 valence electrons. The van der Waals surface area contributed by atoms with Gasteiger partial charge in [-0.15, -0.1) is 0 Å². The highest BCUT2D eigenvalue weighted by atomic mass is 32.2. The van der Waals surface area contributed by atoms with Crippen LogP contribution in [0.5, 0.6) is 0 Å². The van der Waals surface area contributed by atoms with Crippen molar-refractivity contribution in [3.8, 4) is 0 Å². The van der Waals surface area contributed by atoms with Crippen LogP contribution >= 0.6 is 0 Å². The van der Waals surface area contributed by atoms with Gasteiger partial charge in [-0.05, 0) is 36.4 Å². The molecule has 0 aliphatic carbocycles. The molecule has 0 spiro atoms. The lowest BCUT2D eigenvalue weighted by Gasteiger charge is -2.09. The fourth-order valence-corrected chi connectivity index (χ4v) is 3.87. The quantitative estimate of drug-likeness (QED) is 0.539. The first-order valence-electron chi connectivity index (χ1n) is 8.42. The van der Waals surface area contributed by atoms with E-state index in [0.29, 0.717) is 11.4 Å². The van der Waals surface area contributed by atoms with Crippen LogP contribution in [0.3, 0.4) is 0 Å². The average molecular weight is 444 g/mol. The van der Waals surface area contributed by atoms with Crippen LogP contribution in [0.25, 0.3) is 0 Å². The molecule has 30 heavy (non-hydrogen) atoms. The van der Waals surface area contributed by atoms with E-state index in [1.54, 1.807) is 24.3 Å². The van der Waals surface area contributed by atoms with Crippen LogP contribution in [0.2, 0.25) is 0 Å². The van der Waals surface area contributed by atoms with Crippen molar-refractivity contribution in [1.29, 1.82) is 0 Å². The maximum absolute atomic E-state index is 11.9. The van der Waals surface area contributed by atoms with Crippen molar-refractivity contribution < 1.29 is 16.8 Å².